The first-order chi connectivity index (χ1) is 22.8. The molecule has 3 aliphatic heterocycles. The molecule has 3 aliphatic rings. The number of likely N-dealkylation sites (tertiary alicyclic amines) is 1. The van der Waals surface area contributed by atoms with Crippen LogP contribution in [0.5, 0.6) is 11.5 Å². The van der Waals surface area contributed by atoms with Crippen molar-refractivity contribution in [2.75, 3.05) is 7.11 Å². The Morgan fingerprint density at radius 2 is 1.63 bits per heavy atom. The van der Waals surface area contributed by atoms with Crippen LogP contribution in [0, 0.1) is 23.2 Å². The number of carbonyl (C=O) groups is 2. The molecule has 3 fully saturated rings. The van der Waals surface area contributed by atoms with Crippen LogP contribution in [0.2, 0.25) is 0 Å². The van der Waals surface area contributed by atoms with E-state index < -0.39 is 78.2 Å². The third-order valence-electron chi connectivity index (χ3n) is 10.2. The number of ether oxygens (including phenoxy) is 3. The van der Waals surface area contributed by atoms with Crippen molar-refractivity contribution in [1.82, 2.24) is 10.2 Å². The summed E-state index contributed by atoms with van der Waals surface area (Å²) >= 11 is 0. The minimum atomic E-state index is -4.79. The number of carbonyl (C=O) groups excluding carboxylic acids is 1. The van der Waals surface area contributed by atoms with Crippen molar-refractivity contribution in [3.05, 3.63) is 59.2 Å². The van der Waals surface area contributed by atoms with Gasteiger partial charge in [0, 0.05) is 29.6 Å². The number of hydrogen-bond donors (Lipinski definition) is 2. The Morgan fingerprint density at radius 1 is 0.980 bits per heavy atom. The predicted molar refractivity (Wildman–Crippen MR) is 170 cm³/mol. The molecule has 270 valence electrons. The summed E-state index contributed by atoms with van der Waals surface area (Å²) in [6.45, 7) is 8.34. The highest BCUT2D eigenvalue weighted by Crippen LogP contribution is 2.55. The first kappa shape index (κ1) is 36.8. The Balaban J connectivity index is 1.69. The van der Waals surface area contributed by atoms with Crippen LogP contribution in [-0.2, 0) is 26.3 Å². The van der Waals surface area contributed by atoms with E-state index in [2.05, 4.69) is 5.32 Å². The van der Waals surface area contributed by atoms with Gasteiger partial charge in [0.2, 0.25) is 5.91 Å². The molecule has 2 aromatic rings. The van der Waals surface area contributed by atoms with Crippen molar-refractivity contribution in [2.24, 2.45) is 23.2 Å². The Labute approximate surface area is 283 Å². The molecule has 2 bridgehead atoms. The third kappa shape index (κ3) is 7.10. The quantitative estimate of drug-likeness (QED) is 0.270. The number of halogens is 5. The second kappa shape index (κ2) is 13.4. The standard InChI is InChI=1S/C36H45F5N2O6/c1-34(2,3)19-12-13-21(47-7)18(16-19)17-42-28-27(35(4,5)6)30(32(45)46)43(29(28)20-10-8-9-11-22(20)49-33(37)38)31(44)25-23-14-15-24(48-23)26(25)36(39,40)41/h8-13,16,23-30,33,42H,14-15,17H2,1-7H3,(H,45,46)/t23-,24+,25+,26+,27-,28-,29-,30-/m0/s1. The second-order valence-corrected chi connectivity index (χ2v) is 15.3. The summed E-state index contributed by atoms with van der Waals surface area (Å²) in [5, 5.41) is 14.2. The summed E-state index contributed by atoms with van der Waals surface area (Å²) in [6, 6.07) is 7.54. The highest BCUT2D eigenvalue weighted by atomic mass is 19.4. The van der Waals surface area contributed by atoms with Gasteiger partial charge in [0.1, 0.15) is 17.5 Å². The van der Waals surface area contributed by atoms with Gasteiger partial charge in [-0.05, 0) is 41.4 Å². The molecule has 0 saturated carbocycles. The second-order valence-electron chi connectivity index (χ2n) is 15.3. The first-order valence-electron chi connectivity index (χ1n) is 16.5. The molecule has 3 heterocycles. The van der Waals surface area contributed by atoms with E-state index in [4.69, 9.17) is 14.2 Å². The Bertz CT molecular complexity index is 1540. The average molecular weight is 697 g/mol. The molecule has 0 aromatic heterocycles. The Morgan fingerprint density at radius 3 is 2.20 bits per heavy atom. The van der Waals surface area contributed by atoms with Crippen LogP contribution in [0.25, 0.3) is 0 Å². The molecule has 0 spiro atoms. The van der Waals surface area contributed by atoms with Crippen LogP contribution in [0.1, 0.15) is 77.1 Å². The van der Waals surface area contributed by atoms with Crippen molar-refractivity contribution < 1.29 is 50.9 Å². The fraction of sp³-hybridized carbons (Fsp3) is 0.611. The number of alkyl halides is 5. The molecule has 2 N–H and O–H groups in total. The number of carboxylic acids is 1. The van der Waals surface area contributed by atoms with Crippen LogP contribution in [0.15, 0.2) is 42.5 Å². The predicted octanol–water partition coefficient (Wildman–Crippen LogP) is 7.11. The van der Waals surface area contributed by atoms with E-state index in [9.17, 15) is 36.6 Å². The number of hydrogen-bond acceptors (Lipinski definition) is 6. The summed E-state index contributed by atoms with van der Waals surface area (Å²) < 4.78 is 87.3. The zero-order valence-corrected chi connectivity index (χ0v) is 28.7. The lowest BCUT2D eigenvalue weighted by Gasteiger charge is -2.37. The summed E-state index contributed by atoms with van der Waals surface area (Å²) in [7, 11) is 1.51. The molecule has 8 nitrogen and oxygen atoms in total. The number of carboxylic acid groups (broad SMARTS) is 1. The molecule has 8 atom stereocenters. The average Bonchev–Trinajstić information content (AvgIpc) is 3.70. The molecule has 2 aromatic carbocycles. The van der Waals surface area contributed by atoms with E-state index in [0.29, 0.717) is 11.3 Å². The number of amides is 1. The van der Waals surface area contributed by atoms with Crippen molar-refractivity contribution in [1.29, 1.82) is 0 Å². The number of benzene rings is 2. The maximum Gasteiger partial charge on any atom is 0.395 e. The van der Waals surface area contributed by atoms with Crippen LogP contribution >= 0.6 is 0 Å². The molecular formula is C36H45F5N2O6. The molecule has 0 radical (unpaired) electrons. The van der Waals surface area contributed by atoms with Gasteiger partial charge in [0.05, 0.1) is 37.2 Å². The number of aliphatic carboxylic acids is 1. The van der Waals surface area contributed by atoms with E-state index in [1.54, 1.807) is 20.8 Å². The van der Waals surface area contributed by atoms with E-state index in [-0.39, 0.29) is 36.1 Å². The van der Waals surface area contributed by atoms with E-state index >= 15 is 0 Å². The largest absolute Gasteiger partial charge is 0.496 e. The minimum absolute atomic E-state index is 0.0506. The maximum atomic E-state index is 14.7. The number of rotatable bonds is 9. The molecular weight excluding hydrogens is 651 g/mol. The normalized spacial score (nSPS) is 28.7. The summed E-state index contributed by atoms with van der Waals surface area (Å²) in [6.07, 6.45) is -6.74. The maximum absolute atomic E-state index is 14.7. The van der Waals surface area contributed by atoms with Crippen LogP contribution in [0.3, 0.4) is 0 Å². The molecule has 3 saturated heterocycles. The molecule has 49 heavy (non-hydrogen) atoms. The number of para-hydroxylation sites is 1. The van der Waals surface area contributed by atoms with Gasteiger partial charge in [-0.1, -0.05) is 71.9 Å². The number of fused-ring (bicyclic) bond motifs is 2. The molecule has 0 unspecified atom stereocenters. The minimum Gasteiger partial charge on any atom is -0.496 e. The highest BCUT2D eigenvalue weighted by Gasteiger charge is 2.66. The number of methoxy groups -OCH3 is 1. The van der Waals surface area contributed by atoms with Gasteiger partial charge >= 0.3 is 18.8 Å². The van der Waals surface area contributed by atoms with E-state index in [0.717, 1.165) is 10.5 Å². The highest BCUT2D eigenvalue weighted by molar-refractivity contribution is 5.88. The number of nitrogens with one attached hydrogen (secondary N) is 1. The van der Waals surface area contributed by atoms with Crippen molar-refractivity contribution in [3.8, 4) is 11.5 Å². The van der Waals surface area contributed by atoms with E-state index in [1.807, 2.05) is 39.0 Å². The lowest BCUT2D eigenvalue weighted by Crippen LogP contribution is -2.53. The molecule has 13 heteroatoms. The van der Waals surface area contributed by atoms with Crippen molar-refractivity contribution in [2.45, 2.75) is 109 Å². The van der Waals surface area contributed by atoms with Gasteiger partial charge in [0.15, 0.2) is 0 Å². The monoisotopic (exact) mass is 696 g/mol. The van der Waals surface area contributed by atoms with Gasteiger partial charge in [-0.2, -0.15) is 22.0 Å². The Hall–Kier alpha value is -3.45. The fourth-order valence-corrected chi connectivity index (χ4v) is 8.17. The van der Waals surface area contributed by atoms with Gasteiger partial charge in [-0.25, -0.2) is 4.79 Å². The van der Waals surface area contributed by atoms with Crippen molar-refractivity contribution >= 4 is 11.9 Å². The van der Waals surface area contributed by atoms with Gasteiger partial charge in [-0.3, -0.25) is 4.79 Å². The summed E-state index contributed by atoms with van der Waals surface area (Å²) in [5.41, 5.74) is 0.679. The number of nitrogens with zero attached hydrogens (tertiary/aromatic N) is 1. The lowest BCUT2D eigenvalue weighted by molar-refractivity contribution is -0.200. The summed E-state index contributed by atoms with van der Waals surface area (Å²) in [5.74, 6) is -6.97. The molecule has 5 rings (SSSR count). The SMILES string of the molecule is COc1ccc(C(C)(C)C)cc1CN[C@H]1[C@H](C(C)(C)C)[C@@H](C(=O)O)N(C(=O)[C@H]2[C@H](C(F)(F)F)[C@H]3CC[C@@H]2O3)[C@H]1c1ccccc1OC(F)F. The van der Waals surface area contributed by atoms with Crippen LogP contribution < -0.4 is 14.8 Å². The lowest BCUT2D eigenvalue weighted by atomic mass is 9.72. The van der Waals surface area contributed by atoms with Gasteiger partial charge in [0.25, 0.3) is 0 Å². The summed E-state index contributed by atoms with van der Waals surface area (Å²) in [4.78, 5) is 29.0. The topological polar surface area (TPSA) is 97.3 Å². The first-order valence-corrected chi connectivity index (χ1v) is 16.5. The van der Waals surface area contributed by atoms with Crippen LogP contribution in [-0.4, -0.2) is 66.1 Å². The smallest absolute Gasteiger partial charge is 0.395 e. The van der Waals surface area contributed by atoms with E-state index in [1.165, 1.54) is 31.4 Å². The zero-order chi connectivity index (χ0) is 36.2. The molecule has 0 aliphatic carbocycles. The van der Waals surface area contributed by atoms with Crippen molar-refractivity contribution in [3.63, 3.8) is 0 Å². The zero-order valence-electron chi connectivity index (χ0n) is 28.7. The van der Waals surface area contributed by atoms with Gasteiger partial charge < -0.3 is 29.5 Å². The fourth-order valence-electron chi connectivity index (χ4n) is 8.17. The van der Waals surface area contributed by atoms with Crippen LogP contribution in [0.4, 0.5) is 22.0 Å². The van der Waals surface area contributed by atoms with Gasteiger partial charge in [-0.15, -0.1) is 0 Å². The third-order valence-corrected chi connectivity index (χ3v) is 10.2. The molecule has 1 amide bonds. The Kier molecular flexibility index (Phi) is 10.0.